The van der Waals surface area contributed by atoms with Gasteiger partial charge < -0.3 is 4.90 Å². The van der Waals surface area contributed by atoms with E-state index in [1.165, 1.54) is 0 Å². The molecule has 0 atom stereocenters. The minimum atomic E-state index is 0.112. The van der Waals surface area contributed by atoms with E-state index in [1.54, 1.807) is 6.08 Å². The Morgan fingerprint density at radius 3 is 3.14 bits per heavy atom. The normalized spacial score (nSPS) is 20.1. The van der Waals surface area contributed by atoms with E-state index in [9.17, 15) is 4.79 Å². The molecule has 0 saturated heterocycles. The molecule has 0 bridgehead atoms. The van der Waals surface area contributed by atoms with Crippen molar-refractivity contribution in [2.24, 2.45) is 4.99 Å². The van der Waals surface area contributed by atoms with Crippen molar-refractivity contribution in [1.82, 2.24) is 4.90 Å². The van der Waals surface area contributed by atoms with E-state index in [4.69, 9.17) is 0 Å². The highest BCUT2D eigenvalue weighted by atomic mass is 16.1. The van der Waals surface area contributed by atoms with Gasteiger partial charge in [-0.05, 0) is 18.6 Å². The predicted molar refractivity (Wildman–Crippen MR) is 55.8 cm³/mol. The summed E-state index contributed by atoms with van der Waals surface area (Å²) in [5.41, 5.74) is 0.854. The second-order valence-corrected chi connectivity index (χ2v) is 3.25. The number of carbonyl (C=O) groups is 1. The summed E-state index contributed by atoms with van der Waals surface area (Å²) in [6.07, 6.45) is 10.1. The van der Waals surface area contributed by atoms with Gasteiger partial charge in [0.15, 0.2) is 5.78 Å². The Kier molecular flexibility index (Phi) is 2.31. The molecule has 0 radical (unpaired) electrons. The number of ketones is 1. The quantitative estimate of drug-likeness (QED) is 0.626. The Bertz CT molecular complexity index is 375. The minimum absolute atomic E-state index is 0.112. The number of hydrogen-bond donors (Lipinski definition) is 0. The summed E-state index contributed by atoms with van der Waals surface area (Å²) in [4.78, 5) is 17.7. The van der Waals surface area contributed by atoms with Crippen LogP contribution >= 0.6 is 0 Å². The van der Waals surface area contributed by atoms with Gasteiger partial charge in [0.05, 0.1) is 6.54 Å². The van der Waals surface area contributed by atoms with Crippen molar-refractivity contribution in [3.8, 4) is 0 Å². The highest BCUT2D eigenvalue weighted by Crippen LogP contribution is 2.13. The fraction of sp³-hybridized carbons (Fsp3) is 0.273. The van der Waals surface area contributed by atoms with Crippen LogP contribution in [0.4, 0.5) is 0 Å². The van der Waals surface area contributed by atoms with Gasteiger partial charge in [-0.15, -0.1) is 0 Å². The predicted octanol–water partition coefficient (Wildman–Crippen LogP) is 1.65. The van der Waals surface area contributed by atoms with Crippen molar-refractivity contribution >= 4 is 11.6 Å². The monoisotopic (exact) mass is 188 g/mol. The molecule has 2 rings (SSSR count). The molecular formula is C11H12N2O. The molecule has 72 valence electrons. The van der Waals surface area contributed by atoms with Crippen LogP contribution in [-0.4, -0.2) is 23.1 Å². The summed E-state index contributed by atoms with van der Waals surface area (Å²) < 4.78 is 0. The fourth-order valence-electron chi connectivity index (χ4n) is 1.46. The molecule has 0 N–H and O–H groups in total. The number of nitrogens with zero attached hydrogens (tertiary/aromatic N) is 2. The van der Waals surface area contributed by atoms with Crippen molar-refractivity contribution < 1.29 is 4.79 Å². The maximum atomic E-state index is 11.5. The topological polar surface area (TPSA) is 32.7 Å². The molecule has 0 aromatic heterocycles. The SMILES string of the molecule is CCC1=CC(=O)CN2C=CC=CC2=N1. The van der Waals surface area contributed by atoms with Gasteiger partial charge in [-0.1, -0.05) is 13.0 Å². The van der Waals surface area contributed by atoms with E-state index < -0.39 is 0 Å². The molecule has 0 aromatic carbocycles. The summed E-state index contributed by atoms with van der Waals surface area (Å²) in [6.45, 7) is 2.39. The van der Waals surface area contributed by atoms with Crippen LogP contribution in [0, 0.1) is 0 Å². The summed E-state index contributed by atoms with van der Waals surface area (Å²) in [5, 5.41) is 0. The van der Waals surface area contributed by atoms with E-state index in [-0.39, 0.29) is 5.78 Å². The number of hydrogen-bond acceptors (Lipinski definition) is 3. The summed E-state index contributed by atoms with van der Waals surface area (Å²) in [5.74, 6) is 0.965. The first-order valence-electron chi connectivity index (χ1n) is 4.73. The molecular weight excluding hydrogens is 176 g/mol. The average molecular weight is 188 g/mol. The average Bonchev–Trinajstić information content (AvgIpc) is 2.35. The third kappa shape index (κ3) is 1.66. The lowest BCUT2D eigenvalue weighted by Gasteiger charge is -2.19. The van der Waals surface area contributed by atoms with Crippen LogP contribution in [0.2, 0.25) is 0 Å². The second-order valence-electron chi connectivity index (χ2n) is 3.25. The Balaban J connectivity index is 2.35. The number of aliphatic imine (C=N–C) groups is 1. The molecule has 0 unspecified atom stereocenters. The van der Waals surface area contributed by atoms with E-state index in [1.807, 2.05) is 36.3 Å². The van der Waals surface area contributed by atoms with Crippen molar-refractivity contribution in [2.75, 3.05) is 6.54 Å². The first kappa shape index (κ1) is 8.94. The highest BCUT2D eigenvalue weighted by Gasteiger charge is 2.15. The fourth-order valence-corrected chi connectivity index (χ4v) is 1.46. The first-order valence-corrected chi connectivity index (χ1v) is 4.73. The molecule has 0 aromatic rings. The lowest BCUT2D eigenvalue weighted by molar-refractivity contribution is -0.114. The van der Waals surface area contributed by atoms with Crippen LogP contribution in [0.5, 0.6) is 0 Å². The van der Waals surface area contributed by atoms with Gasteiger partial charge in [-0.3, -0.25) is 4.79 Å². The van der Waals surface area contributed by atoms with Gasteiger partial charge in [0.2, 0.25) is 0 Å². The maximum absolute atomic E-state index is 11.5. The lowest BCUT2D eigenvalue weighted by atomic mass is 10.2. The van der Waals surface area contributed by atoms with Crippen molar-refractivity contribution in [3.05, 3.63) is 36.2 Å². The molecule has 0 fully saturated rings. The lowest BCUT2D eigenvalue weighted by Crippen LogP contribution is -2.29. The van der Waals surface area contributed by atoms with Crippen LogP contribution in [0.15, 0.2) is 41.2 Å². The van der Waals surface area contributed by atoms with Crippen LogP contribution in [-0.2, 0) is 4.79 Å². The Morgan fingerprint density at radius 1 is 1.50 bits per heavy atom. The Morgan fingerprint density at radius 2 is 2.36 bits per heavy atom. The third-order valence-electron chi connectivity index (χ3n) is 2.19. The molecule has 3 heteroatoms. The Hall–Kier alpha value is -1.64. The van der Waals surface area contributed by atoms with Crippen LogP contribution in [0.25, 0.3) is 0 Å². The molecule has 2 heterocycles. The Labute approximate surface area is 83.1 Å². The number of rotatable bonds is 1. The third-order valence-corrected chi connectivity index (χ3v) is 2.19. The number of amidine groups is 1. The standard InChI is InChI=1S/C11H12N2O/c1-2-9-7-10(14)8-13-6-4-3-5-11(13)12-9/h3-7H,2,8H2,1H3. The zero-order valence-electron chi connectivity index (χ0n) is 8.10. The van der Waals surface area contributed by atoms with Crippen molar-refractivity contribution in [2.45, 2.75) is 13.3 Å². The van der Waals surface area contributed by atoms with Gasteiger partial charge in [0.25, 0.3) is 0 Å². The van der Waals surface area contributed by atoms with Gasteiger partial charge in [-0.2, -0.15) is 0 Å². The van der Waals surface area contributed by atoms with Crippen LogP contribution < -0.4 is 0 Å². The molecule has 14 heavy (non-hydrogen) atoms. The zero-order chi connectivity index (χ0) is 9.97. The summed E-state index contributed by atoms with van der Waals surface area (Å²) in [6, 6.07) is 0. The summed E-state index contributed by atoms with van der Waals surface area (Å²) in [7, 11) is 0. The van der Waals surface area contributed by atoms with E-state index in [0.29, 0.717) is 6.54 Å². The minimum Gasteiger partial charge on any atom is -0.325 e. The molecule has 0 aliphatic carbocycles. The number of fused-ring (bicyclic) bond motifs is 1. The smallest absolute Gasteiger partial charge is 0.177 e. The molecule has 2 aliphatic heterocycles. The zero-order valence-corrected chi connectivity index (χ0v) is 8.10. The van der Waals surface area contributed by atoms with Gasteiger partial charge >= 0.3 is 0 Å². The highest BCUT2D eigenvalue weighted by molar-refractivity contribution is 6.02. The maximum Gasteiger partial charge on any atom is 0.177 e. The van der Waals surface area contributed by atoms with Gasteiger partial charge in [0, 0.05) is 18.0 Å². The van der Waals surface area contributed by atoms with Crippen LogP contribution in [0.1, 0.15) is 13.3 Å². The van der Waals surface area contributed by atoms with E-state index >= 15 is 0 Å². The van der Waals surface area contributed by atoms with Gasteiger partial charge in [-0.25, -0.2) is 4.99 Å². The van der Waals surface area contributed by atoms with E-state index in [0.717, 1.165) is 18.0 Å². The number of allylic oxidation sites excluding steroid dienone is 3. The van der Waals surface area contributed by atoms with Crippen molar-refractivity contribution in [3.63, 3.8) is 0 Å². The van der Waals surface area contributed by atoms with Crippen molar-refractivity contribution in [1.29, 1.82) is 0 Å². The second kappa shape index (κ2) is 3.62. The van der Waals surface area contributed by atoms with E-state index in [2.05, 4.69) is 4.99 Å². The molecule has 3 nitrogen and oxygen atoms in total. The first-order chi connectivity index (χ1) is 6.79. The van der Waals surface area contributed by atoms with Crippen LogP contribution in [0.3, 0.4) is 0 Å². The molecule has 0 spiro atoms. The van der Waals surface area contributed by atoms with Gasteiger partial charge in [0.1, 0.15) is 5.84 Å². The number of carbonyl (C=O) groups excluding carboxylic acids is 1. The molecule has 0 saturated carbocycles. The molecule has 0 amide bonds. The largest absolute Gasteiger partial charge is 0.325 e. The molecule has 2 aliphatic rings. The summed E-state index contributed by atoms with van der Waals surface area (Å²) >= 11 is 0.